The smallest absolute Gasteiger partial charge is 0.422 e. The van der Waals surface area contributed by atoms with Crippen molar-refractivity contribution in [2.45, 2.75) is 18.9 Å². The lowest BCUT2D eigenvalue weighted by Gasteiger charge is -2.22. The second-order valence-corrected chi connectivity index (χ2v) is 5.80. The van der Waals surface area contributed by atoms with E-state index in [-0.39, 0.29) is 6.04 Å². The van der Waals surface area contributed by atoms with Gasteiger partial charge in [0.1, 0.15) is 0 Å². The molecule has 0 saturated carbocycles. The molecule has 0 spiro atoms. The Balaban J connectivity index is 2.00. The molecule has 0 atom stereocenters. The highest BCUT2D eigenvalue weighted by atomic mass is 32.2. The lowest BCUT2D eigenvalue weighted by molar-refractivity contribution is 0.177. The Morgan fingerprint density at radius 2 is 2.20 bits per heavy atom. The number of hydrogen-bond acceptors (Lipinski definition) is 6. The molecule has 2 rings (SSSR count). The molecular weight excluding hydrogens is 286 g/mol. The quantitative estimate of drug-likeness (QED) is 0.711. The first-order valence-corrected chi connectivity index (χ1v) is 7.62. The van der Waals surface area contributed by atoms with Gasteiger partial charge in [-0.15, -0.1) is 0 Å². The molecular formula is C10H17N5O4S. The van der Waals surface area contributed by atoms with Gasteiger partial charge >= 0.3 is 16.3 Å². The van der Waals surface area contributed by atoms with Crippen LogP contribution in [-0.2, 0) is 14.9 Å². The predicted molar refractivity (Wildman–Crippen MR) is 71.5 cm³/mol. The molecule has 1 aromatic heterocycles. The highest BCUT2D eigenvalue weighted by molar-refractivity contribution is 7.91. The number of carbonyl (C=O) groups is 1. The molecule has 9 nitrogen and oxygen atoms in total. The van der Waals surface area contributed by atoms with Crippen LogP contribution in [0.5, 0.6) is 0 Å². The summed E-state index contributed by atoms with van der Waals surface area (Å²) >= 11 is 0. The third-order valence-electron chi connectivity index (χ3n) is 2.94. The molecule has 1 amide bonds. The van der Waals surface area contributed by atoms with Crippen LogP contribution < -0.4 is 14.8 Å². The van der Waals surface area contributed by atoms with E-state index in [0.717, 1.165) is 33.0 Å². The fraction of sp³-hybridized carbons (Fsp3) is 0.600. The van der Waals surface area contributed by atoms with Crippen molar-refractivity contribution in [3.05, 3.63) is 12.4 Å². The fourth-order valence-corrected chi connectivity index (χ4v) is 2.76. The highest BCUT2D eigenvalue weighted by Crippen LogP contribution is 2.19. The van der Waals surface area contributed by atoms with Gasteiger partial charge in [0.25, 0.3) is 0 Å². The molecule has 1 aliphatic heterocycles. The van der Waals surface area contributed by atoms with E-state index in [1.165, 1.54) is 6.20 Å². The zero-order chi connectivity index (χ0) is 14.6. The maximum Gasteiger partial charge on any atom is 0.422 e. The largest absolute Gasteiger partial charge is 0.452 e. The first-order valence-electron chi connectivity index (χ1n) is 6.13. The lowest BCUT2D eigenvalue weighted by Crippen LogP contribution is -2.35. The van der Waals surface area contributed by atoms with Crippen LogP contribution in [0.2, 0.25) is 0 Å². The maximum atomic E-state index is 11.6. The van der Waals surface area contributed by atoms with E-state index in [1.54, 1.807) is 15.6 Å². The fourth-order valence-electron chi connectivity index (χ4n) is 1.99. The van der Waals surface area contributed by atoms with Gasteiger partial charge in [0.15, 0.2) is 0 Å². The Hall–Kier alpha value is -1.81. The van der Waals surface area contributed by atoms with E-state index >= 15 is 0 Å². The van der Waals surface area contributed by atoms with E-state index in [0.29, 0.717) is 5.69 Å². The molecule has 2 heterocycles. The van der Waals surface area contributed by atoms with Gasteiger partial charge in [-0.1, -0.05) is 0 Å². The maximum absolute atomic E-state index is 11.6. The molecule has 1 saturated heterocycles. The Kier molecular flexibility index (Phi) is 4.45. The van der Waals surface area contributed by atoms with Crippen LogP contribution in [0.3, 0.4) is 0 Å². The minimum atomic E-state index is -4.00. The number of anilines is 1. The third-order valence-corrected chi connectivity index (χ3v) is 3.88. The van der Waals surface area contributed by atoms with Crippen LogP contribution in [0.4, 0.5) is 10.5 Å². The van der Waals surface area contributed by atoms with Gasteiger partial charge in [-0.05, 0) is 25.9 Å². The summed E-state index contributed by atoms with van der Waals surface area (Å²) in [4.78, 5) is 10.9. The number of aromatic nitrogens is 2. The standard InChI is InChI=1S/C10H17N5O4S/c1-19-10(16)14-20(17,18)13-8-6-12-15(7-8)9-2-4-11-5-3-9/h6-7,9,11,13H,2-5H2,1H3,(H,14,16). The minimum absolute atomic E-state index is 0.253. The van der Waals surface area contributed by atoms with Gasteiger partial charge in [0, 0.05) is 6.20 Å². The Morgan fingerprint density at radius 3 is 2.85 bits per heavy atom. The predicted octanol–water partition coefficient (Wildman–Crippen LogP) is -0.180. The van der Waals surface area contributed by atoms with Crippen molar-refractivity contribution < 1.29 is 17.9 Å². The number of amides is 1. The molecule has 1 aliphatic rings. The average Bonchev–Trinajstić information content (AvgIpc) is 2.86. The van der Waals surface area contributed by atoms with Crippen LogP contribution in [-0.4, -0.2) is 44.5 Å². The summed E-state index contributed by atoms with van der Waals surface area (Å²) in [6.45, 7) is 1.82. The van der Waals surface area contributed by atoms with Crippen molar-refractivity contribution in [3.63, 3.8) is 0 Å². The van der Waals surface area contributed by atoms with E-state index in [1.807, 2.05) is 0 Å². The van der Waals surface area contributed by atoms with E-state index in [4.69, 9.17) is 0 Å². The molecule has 112 valence electrons. The number of nitrogens with zero attached hydrogens (tertiary/aromatic N) is 2. The molecule has 1 fully saturated rings. The van der Waals surface area contributed by atoms with Crippen LogP contribution >= 0.6 is 0 Å². The van der Waals surface area contributed by atoms with Crippen LogP contribution in [0.25, 0.3) is 0 Å². The normalized spacial score (nSPS) is 16.6. The zero-order valence-electron chi connectivity index (χ0n) is 11.0. The number of piperidine rings is 1. The molecule has 0 unspecified atom stereocenters. The minimum Gasteiger partial charge on any atom is -0.452 e. The monoisotopic (exact) mass is 303 g/mol. The summed E-state index contributed by atoms with van der Waals surface area (Å²) in [7, 11) is -2.92. The van der Waals surface area contributed by atoms with Gasteiger partial charge in [0.2, 0.25) is 0 Å². The third kappa shape index (κ3) is 3.84. The average molecular weight is 303 g/mol. The van der Waals surface area contributed by atoms with E-state index < -0.39 is 16.3 Å². The molecule has 10 heteroatoms. The van der Waals surface area contributed by atoms with Gasteiger partial charge in [0.05, 0.1) is 25.0 Å². The Labute approximate surface area is 116 Å². The molecule has 1 aromatic rings. The van der Waals surface area contributed by atoms with Gasteiger partial charge in [-0.3, -0.25) is 9.40 Å². The van der Waals surface area contributed by atoms with Crippen molar-refractivity contribution in [2.75, 3.05) is 24.9 Å². The summed E-state index contributed by atoms with van der Waals surface area (Å²) in [5.74, 6) is 0. The summed E-state index contributed by atoms with van der Waals surface area (Å²) in [5.41, 5.74) is 0.292. The summed E-state index contributed by atoms with van der Waals surface area (Å²) < 4.78 is 33.0. The topological polar surface area (TPSA) is 114 Å². The molecule has 0 aliphatic carbocycles. The van der Waals surface area contributed by atoms with E-state index in [2.05, 4.69) is 19.9 Å². The number of nitrogens with one attached hydrogen (secondary N) is 3. The van der Waals surface area contributed by atoms with Crippen molar-refractivity contribution >= 4 is 22.0 Å². The second-order valence-electron chi connectivity index (χ2n) is 4.39. The van der Waals surface area contributed by atoms with Crippen molar-refractivity contribution in [3.8, 4) is 0 Å². The molecule has 3 N–H and O–H groups in total. The van der Waals surface area contributed by atoms with Gasteiger partial charge < -0.3 is 10.1 Å². The summed E-state index contributed by atoms with van der Waals surface area (Å²) in [5, 5.41) is 7.38. The number of carbonyl (C=O) groups excluding carboxylic acids is 1. The number of methoxy groups -OCH3 is 1. The Bertz CT molecular complexity index is 564. The molecule has 0 bridgehead atoms. The SMILES string of the molecule is COC(=O)NS(=O)(=O)Nc1cnn(C2CCNCC2)c1. The van der Waals surface area contributed by atoms with Crippen LogP contribution in [0, 0.1) is 0 Å². The molecule has 0 aromatic carbocycles. The summed E-state index contributed by atoms with van der Waals surface area (Å²) in [6, 6.07) is 0.253. The lowest BCUT2D eigenvalue weighted by atomic mass is 10.1. The first-order chi connectivity index (χ1) is 9.50. The van der Waals surface area contributed by atoms with Gasteiger partial charge in [-0.25, -0.2) is 9.52 Å². The molecule has 20 heavy (non-hydrogen) atoms. The zero-order valence-corrected chi connectivity index (χ0v) is 11.8. The van der Waals surface area contributed by atoms with E-state index in [9.17, 15) is 13.2 Å². The number of hydrogen-bond donors (Lipinski definition) is 3. The van der Waals surface area contributed by atoms with Crippen LogP contribution in [0.1, 0.15) is 18.9 Å². The van der Waals surface area contributed by atoms with Gasteiger partial charge in [-0.2, -0.15) is 13.5 Å². The summed E-state index contributed by atoms with van der Waals surface area (Å²) in [6.07, 6.45) is 3.83. The number of rotatable bonds is 4. The Morgan fingerprint density at radius 1 is 1.50 bits per heavy atom. The highest BCUT2D eigenvalue weighted by Gasteiger charge is 2.18. The number of ether oxygens (including phenoxy) is 1. The first kappa shape index (κ1) is 14.6. The van der Waals surface area contributed by atoms with Crippen molar-refractivity contribution in [1.29, 1.82) is 0 Å². The molecule has 0 radical (unpaired) electrons. The van der Waals surface area contributed by atoms with Crippen molar-refractivity contribution in [2.24, 2.45) is 0 Å². The van der Waals surface area contributed by atoms with Crippen LogP contribution in [0.15, 0.2) is 12.4 Å². The van der Waals surface area contributed by atoms with Crippen molar-refractivity contribution in [1.82, 2.24) is 19.8 Å². The second kappa shape index (κ2) is 6.09.